The largest absolute Gasteiger partial charge is 0.506 e. The lowest BCUT2D eigenvalue weighted by Crippen LogP contribution is -2.16. The third kappa shape index (κ3) is 2.22. The highest BCUT2D eigenvalue weighted by molar-refractivity contribution is 6.04. The summed E-state index contributed by atoms with van der Waals surface area (Å²) >= 11 is 0. The zero-order chi connectivity index (χ0) is 14.0. The molecule has 1 heterocycles. The Kier molecular flexibility index (Phi) is 3.37. The number of hydrogen-bond donors (Lipinski definition) is 4. The second kappa shape index (κ2) is 4.97. The highest BCUT2D eigenvalue weighted by atomic mass is 16.3. The molecule has 5 heteroatoms. The van der Waals surface area contributed by atoms with E-state index in [1.807, 2.05) is 6.07 Å². The van der Waals surface area contributed by atoms with Gasteiger partial charge in [0, 0.05) is 12.8 Å². The van der Waals surface area contributed by atoms with Crippen LogP contribution in [0.1, 0.15) is 12.5 Å². The molecule has 0 bridgehead atoms. The van der Waals surface area contributed by atoms with Crippen LogP contribution < -0.4 is 10.9 Å². The van der Waals surface area contributed by atoms with E-state index < -0.39 is 5.56 Å². The van der Waals surface area contributed by atoms with Gasteiger partial charge in [0.05, 0.1) is 11.1 Å². The van der Waals surface area contributed by atoms with E-state index in [1.54, 1.807) is 38.2 Å². The van der Waals surface area contributed by atoms with Crippen LogP contribution in [0, 0.1) is 5.41 Å². The average molecular weight is 257 g/mol. The van der Waals surface area contributed by atoms with Crippen molar-refractivity contribution in [1.29, 1.82) is 5.41 Å². The first-order chi connectivity index (χ1) is 9.06. The second-order valence-electron chi connectivity index (χ2n) is 4.17. The van der Waals surface area contributed by atoms with Gasteiger partial charge in [-0.05, 0) is 12.5 Å². The van der Waals surface area contributed by atoms with E-state index in [0.29, 0.717) is 16.9 Å². The number of H-pyrrole nitrogens is 1. The van der Waals surface area contributed by atoms with E-state index in [-0.39, 0.29) is 17.0 Å². The first kappa shape index (κ1) is 12.9. The van der Waals surface area contributed by atoms with Crippen LogP contribution in [-0.4, -0.2) is 22.8 Å². The molecular weight excluding hydrogens is 242 g/mol. The van der Waals surface area contributed by atoms with E-state index in [1.165, 1.54) is 0 Å². The van der Waals surface area contributed by atoms with Crippen LogP contribution in [0.15, 0.2) is 35.1 Å². The van der Waals surface area contributed by atoms with E-state index in [9.17, 15) is 9.90 Å². The Bertz CT molecular complexity index is 675. The molecule has 0 aliphatic carbocycles. The van der Waals surface area contributed by atoms with Crippen molar-refractivity contribution < 1.29 is 5.11 Å². The number of hydrogen-bond acceptors (Lipinski definition) is 4. The Morgan fingerprint density at radius 3 is 2.47 bits per heavy atom. The fourth-order valence-corrected chi connectivity index (χ4v) is 2.01. The van der Waals surface area contributed by atoms with Gasteiger partial charge in [0.15, 0.2) is 0 Å². The molecule has 0 saturated heterocycles. The van der Waals surface area contributed by atoms with Gasteiger partial charge >= 0.3 is 0 Å². The van der Waals surface area contributed by atoms with E-state index in [2.05, 4.69) is 10.3 Å². The highest BCUT2D eigenvalue weighted by Gasteiger charge is 2.18. The van der Waals surface area contributed by atoms with Crippen LogP contribution in [0.4, 0.5) is 5.82 Å². The van der Waals surface area contributed by atoms with Gasteiger partial charge in [-0.1, -0.05) is 30.3 Å². The van der Waals surface area contributed by atoms with Crippen LogP contribution in [0.3, 0.4) is 0 Å². The van der Waals surface area contributed by atoms with Gasteiger partial charge in [0.25, 0.3) is 5.56 Å². The molecule has 2 aromatic rings. The van der Waals surface area contributed by atoms with Gasteiger partial charge in [0.2, 0.25) is 0 Å². The van der Waals surface area contributed by atoms with E-state index >= 15 is 0 Å². The SMILES string of the molecule is CNc1[nH]c(=O)c(-c2ccccc2)c(O)c1C(C)=N. The number of pyridine rings is 1. The summed E-state index contributed by atoms with van der Waals surface area (Å²) in [5.41, 5.74) is 0.891. The number of benzene rings is 1. The normalized spacial score (nSPS) is 10.2. The molecule has 4 N–H and O–H groups in total. The van der Waals surface area contributed by atoms with Crippen molar-refractivity contribution in [2.45, 2.75) is 6.92 Å². The molecule has 0 spiro atoms. The van der Waals surface area contributed by atoms with Crippen LogP contribution in [0.5, 0.6) is 5.75 Å². The molecule has 0 radical (unpaired) electrons. The van der Waals surface area contributed by atoms with Gasteiger partial charge in [-0.3, -0.25) is 4.79 Å². The standard InChI is InChI=1S/C14H15N3O2/c1-8(15)10-12(18)11(9-6-4-3-5-7-9)14(19)17-13(10)16-2/h3-7,15H,1-2H3,(H3,16,17,18,19). The third-order valence-corrected chi connectivity index (χ3v) is 2.88. The summed E-state index contributed by atoms with van der Waals surface area (Å²) in [4.78, 5) is 14.7. The first-order valence-corrected chi connectivity index (χ1v) is 5.84. The first-order valence-electron chi connectivity index (χ1n) is 5.84. The molecule has 2 rings (SSSR count). The number of aromatic amines is 1. The molecule has 0 saturated carbocycles. The Hall–Kier alpha value is -2.56. The Morgan fingerprint density at radius 1 is 1.32 bits per heavy atom. The quantitative estimate of drug-likeness (QED) is 0.635. The summed E-state index contributed by atoms with van der Waals surface area (Å²) in [6.07, 6.45) is 0. The Balaban J connectivity index is 2.80. The van der Waals surface area contributed by atoms with Crippen LogP contribution in [-0.2, 0) is 0 Å². The third-order valence-electron chi connectivity index (χ3n) is 2.88. The number of anilines is 1. The second-order valence-corrected chi connectivity index (χ2v) is 4.17. The van der Waals surface area contributed by atoms with Gasteiger partial charge in [-0.15, -0.1) is 0 Å². The predicted molar refractivity (Wildman–Crippen MR) is 76.2 cm³/mol. The topological polar surface area (TPSA) is 89.0 Å². The summed E-state index contributed by atoms with van der Waals surface area (Å²) in [7, 11) is 1.62. The van der Waals surface area contributed by atoms with Crippen molar-refractivity contribution in [2.24, 2.45) is 0 Å². The summed E-state index contributed by atoms with van der Waals surface area (Å²) in [6.45, 7) is 1.56. The molecule has 0 unspecified atom stereocenters. The van der Waals surface area contributed by atoms with Crippen LogP contribution in [0.25, 0.3) is 11.1 Å². The molecule has 0 atom stereocenters. The van der Waals surface area contributed by atoms with Crippen molar-refractivity contribution in [3.63, 3.8) is 0 Å². The minimum absolute atomic E-state index is 0.174. The summed E-state index contributed by atoms with van der Waals surface area (Å²) in [5.74, 6) is 0.168. The maximum absolute atomic E-state index is 12.1. The molecule has 0 aliphatic rings. The number of aromatic nitrogens is 1. The molecule has 0 amide bonds. The minimum atomic E-state index is -0.391. The van der Waals surface area contributed by atoms with Crippen molar-refractivity contribution in [1.82, 2.24) is 4.98 Å². The predicted octanol–water partition coefficient (Wildman–Crippen LogP) is 2.18. The Labute approximate surface area is 110 Å². The molecule has 5 nitrogen and oxygen atoms in total. The van der Waals surface area contributed by atoms with Crippen LogP contribution >= 0.6 is 0 Å². The smallest absolute Gasteiger partial charge is 0.261 e. The van der Waals surface area contributed by atoms with Gasteiger partial charge in [-0.25, -0.2) is 0 Å². The maximum atomic E-state index is 12.1. The fourth-order valence-electron chi connectivity index (χ4n) is 2.01. The van der Waals surface area contributed by atoms with Gasteiger partial charge in [-0.2, -0.15) is 0 Å². The molecule has 0 aliphatic heterocycles. The van der Waals surface area contributed by atoms with Crippen LogP contribution in [0.2, 0.25) is 0 Å². The number of aromatic hydroxyl groups is 1. The Morgan fingerprint density at radius 2 is 1.95 bits per heavy atom. The summed E-state index contributed by atoms with van der Waals surface area (Å²) in [6, 6.07) is 8.90. The zero-order valence-electron chi connectivity index (χ0n) is 10.7. The lowest BCUT2D eigenvalue weighted by Gasteiger charge is -2.13. The van der Waals surface area contributed by atoms with Crippen molar-refractivity contribution in [2.75, 3.05) is 12.4 Å². The lowest BCUT2D eigenvalue weighted by atomic mass is 10.0. The van der Waals surface area contributed by atoms with Crippen molar-refractivity contribution in [3.05, 3.63) is 46.2 Å². The van der Waals surface area contributed by atoms with Crippen molar-refractivity contribution >= 4 is 11.5 Å². The fraction of sp³-hybridized carbons (Fsp3) is 0.143. The lowest BCUT2D eigenvalue weighted by molar-refractivity contribution is 0.475. The maximum Gasteiger partial charge on any atom is 0.261 e. The minimum Gasteiger partial charge on any atom is -0.506 e. The van der Waals surface area contributed by atoms with Crippen molar-refractivity contribution in [3.8, 4) is 16.9 Å². The summed E-state index contributed by atoms with van der Waals surface area (Å²) < 4.78 is 0. The van der Waals surface area contributed by atoms with Gasteiger partial charge < -0.3 is 20.8 Å². The number of nitrogens with one attached hydrogen (secondary N) is 3. The molecule has 1 aromatic carbocycles. The summed E-state index contributed by atoms with van der Waals surface area (Å²) in [5, 5.41) is 20.8. The molecule has 98 valence electrons. The average Bonchev–Trinajstić information content (AvgIpc) is 2.38. The highest BCUT2D eigenvalue weighted by Crippen LogP contribution is 2.32. The molecule has 19 heavy (non-hydrogen) atoms. The van der Waals surface area contributed by atoms with E-state index in [4.69, 9.17) is 5.41 Å². The van der Waals surface area contributed by atoms with E-state index in [0.717, 1.165) is 0 Å². The molecule has 0 fully saturated rings. The number of rotatable bonds is 3. The molecule has 1 aromatic heterocycles. The monoisotopic (exact) mass is 257 g/mol. The van der Waals surface area contributed by atoms with Gasteiger partial charge in [0.1, 0.15) is 11.6 Å². The molecular formula is C14H15N3O2. The zero-order valence-corrected chi connectivity index (χ0v) is 10.7.